The summed E-state index contributed by atoms with van der Waals surface area (Å²) in [6.45, 7) is 2.43. The molecule has 1 aliphatic heterocycles. The second kappa shape index (κ2) is 7.51. The van der Waals surface area contributed by atoms with Crippen LogP contribution in [0.5, 0.6) is 0 Å². The summed E-state index contributed by atoms with van der Waals surface area (Å²) in [6, 6.07) is 4.08. The molecule has 0 radical (unpaired) electrons. The first-order valence-electron chi connectivity index (χ1n) is 8.17. The summed E-state index contributed by atoms with van der Waals surface area (Å²) in [7, 11) is 0. The van der Waals surface area contributed by atoms with Crippen molar-refractivity contribution in [3.8, 4) is 0 Å². The van der Waals surface area contributed by atoms with Crippen LogP contribution in [-0.2, 0) is 4.79 Å². The lowest BCUT2D eigenvalue weighted by Gasteiger charge is -2.31. The highest BCUT2D eigenvalue weighted by molar-refractivity contribution is 5.92. The van der Waals surface area contributed by atoms with Crippen molar-refractivity contribution in [3.63, 3.8) is 0 Å². The van der Waals surface area contributed by atoms with Crippen LogP contribution in [0.1, 0.15) is 18.6 Å². The van der Waals surface area contributed by atoms with Crippen LogP contribution in [0.3, 0.4) is 0 Å². The molecule has 2 N–H and O–H groups in total. The van der Waals surface area contributed by atoms with Crippen LogP contribution in [0.15, 0.2) is 28.8 Å². The number of amides is 3. The van der Waals surface area contributed by atoms with E-state index in [4.69, 9.17) is 4.52 Å². The molecule has 138 valence electrons. The Kier molecular flexibility index (Phi) is 5.15. The number of aryl methyl sites for hydroxylation is 1. The lowest BCUT2D eigenvalue weighted by Crippen LogP contribution is -2.43. The van der Waals surface area contributed by atoms with Gasteiger partial charge in [0.1, 0.15) is 17.4 Å². The molecule has 2 aromatic rings. The summed E-state index contributed by atoms with van der Waals surface area (Å²) in [6.07, 6.45) is 0.948. The maximum Gasteiger partial charge on any atom is 0.321 e. The number of carbonyl (C=O) groups is 2. The highest BCUT2D eigenvalue weighted by Gasteiger charge is 2.28. The van der Waals surface area contributed by atoms with Gasteiger partial charge in [-0.3, -0.25) is 4.79 Å². The monoisotopic (exact) mass is 364 g/mol. The minimum absolute atomic E-state index is 0.0855. The van der Waals surface area contributed by atoms with Crippen molar-refractivity contribution in [2.24, 2.45) is 5.92 Å². The molecule has 0 spiro atoms. The smallest absolute Gasteiger partial charge is 0.321 e. The van der Waals surface area contributed by atoms with Gasteiger partial charge in [0.25, 0.3) is 0 Å². The third kappa shape index (κ3) is 4.16. The molecule has 0 bridgehead atoms. The third-order valence-corrected chi connectivity index (χ3v) is 4.20. The van der Waals surface area contributed by atoms with E-state index in [2.05, 4.69) is 15.8 Å². The second-order valence-corrected chi connectivity index (χ2v) is 6.13. The van der Waals surface area contributed by atoms with E-state index >= 15 is 0 Å². The summed E-state index contributed by atoms with van der Waals surface area (Å²) in [4.78, 5) is 25.9. The largest absolute Gasteiger partial charge is 0.360 e. The number of rotatable bonds is 3. The molecule has 26 heavy (non-hydrogen) atoms. The SMILES string of the molecule is Cc1cc(NC(=O)C2CCN(C(=O)Nc3ccc(F)cc3F)CC2)no1. The van der Waals surface area contributed by atoms with Gasteiger partial charge in [0.05, 0.1) is 5.69 Å². The van der Waals surface area contributed by atoms with Crippen LogP contribution in [0.2, 0.25) is 0 Å². The number of carbonyl (C=O) groups excluding carboxylic acids is 2. The van der Waals surface area contributed by atoms with Crippen LogP contribution in [-0.4, -0.2) is 35.1 Å². The molecule has 1 aromatic heterocycles. The number of hydrogen-bond acceptors (Lipinski definition) is 4. The van der Waals surface area contributed by atoms with Crippen LogP contribution in [0.25, 0.3) is 0 Å². The van der Waals surface area contributed by atoms with E-state index in [1.54, 1.807) is 13.0 Å². The quantitative estimate of drug-likeness (QED) is 0.876. The number of nitrogens with one attached hydrogen (secondary N) is 2. The Bertz CT molecular complexity index is 816. The predicted octanol–water partition coefficient (Wildman–Crippen LogP) is 3.14. The Morgan fingerprint density at radius 1 is 1.19 bits per heavy atom. The molecule has 9 heteroatoms. The summed E-state index contributed by atoms with van der Waals surface area (Å²) < 4.78 is 31.4. The molecule has 0 aliphatic carbocycles. The van der Waals surface area contributed by atoms with Crippen molar-refractivity contribution >= 4 is 23.4 Å². The van der Waals surface area contributed by atoms with E-state index in [-0.39, 0.29) is 17.5 Å². The van der Waals surface area contributed by atoms with Gasteiger partial charge in [-0.05, 0) is 31.9 Å². The molecular weight excluding hydrogens is 346 g/mol. The summed E-state index contributed by atoms with van der Waals surface area (Å²) in [5, 5.41) is 8.81. The molecule has 1 aromatic carbocycles. The normalized spacial score (nSPS) is 15.0. The number of hydrogen-bond donors (Lipinski definition) is 2. The molecular formula is C17H18F2N4O3. The number of benzene rings is 1. The molecule has 0 saturated carbocycles. The van der Waals surface area contributed by atoms with Crippen molar-refractivity contribution in [1.29, 1.82) is 0 Å². The molecule has 2 heterocycles. The zero-order valence-corrected chi connectivity index (χ0v) is 14.1. The highest BCUT2D eigenvalue weighted by atomic mass is 19.1. The van der Waals surface area contributed by atoms with E-state index in [0.29, 0.717) is 43.6 Å². The van der Waals surface area contributed by atoms with Crippen LogP contribution < -0.4 is 10.6 Å². The lowest BCUT2D eigenvalue weighted by atomic mass is 9.96. The Morgan fingerprint density at radius 2 is 1.92 bits per heavy atom. The first-order chi connectivity index (χ1) is 12.4. The first-order valence-corrected chi connectivity index (χ1v) is 8.17. The third-order valence-electron chi connectivity index (χ3n) is 4.20. The molecule has 3 rings (SSSR count). The van der Waals surface area contributed by atoms with E-state index in [1.165, 1.54) is 11.0 Å². The Balaban J connectivity index is 1.51. The molecule has 0 unspecified atom stereocenters. The van der Waals surface area contributed by atoms with Gasteiger partial charge in [0.15, 0.2) is 5.82 Å². The van der Waals surface area contributed by atoms with Crippen LogP contribution in [0, 0.1) is 24.5 Å². The number of aromatic nitrogens is 1. The number of piperidine rings is 1. The van der Waals surface area contributed by atoms with Gasteiger partial charge in [-0.15, -0.1) is 0 Å². The molecule has 1 aliphatic rings. The number of anilines is 2. The zero-order chi connectivity index (χ0) is 18.7. The summed E-state index contributed by atoms with van der Waals surface area (Å²) >= 11 is 0. The minimum atomic E-state index is -0.837. The van der Waals surface area contributed by atoms with Crippen LogP contribution >= 0.6 is 0 Å². The minimum Gasteiger partial charge on any atom is -0.360 e. The Hall–Kier alpha value is -2.97. The standard InChI is InChI=1S/C17H18F2N4O3/c1-10-8-15(22-26-10)21-16(24)11-4-6-23(7-5-11)17(25)20-14-3-2-12(18)9-13(14)19/h2-3,8-9,11H,4-7H2,1H3,(H,20,25)(H,21,22,24). The summed E-state index contributed by atoms with van der Waals surface area (Å²) in [5.74, 6) is -1.02. The number of likely N-dealkylation sites (tertiary alicyclic amines) is 1. The van der Waals surface area contributed by atoms with Gasteiger partial charge in [-0.2, -0.15) is 0 Å². The van der Waals surface area contributed by atoms with Crippen LogP contribution in [0.4, 0.5) is 25.1 Å². The highest BCUT2D eigenvalue weighted by Crippen LogP contribution is 2.21. The van der Waals surface area contributed by atoms with E-state index in [9.17, 15) is 18.4 Å². The summed E-state index contributed by atoms with van der Waals surface area (Å²) in [5.41, 5.74) is -0.0855. The van der Waals surface area contributed by atoms with Crippen molar-refractivity contribution in [3.05, 3.63) is 41.7 Å². The Labute approximate surface area is 148 Å². The first kappa shape index (κ1) is 17.8. The fourth-order valence-electron chi connectivity index (χ4n) is 2.78. The fraction of sp³-hybridized carbons (Fsp3) is 0.353. The van der Waals surface area contributed by atoms with E-state index < -0.39 is 17.7 Å². The maximum atomic E-state index is 13.6. The molecule has 3 amide bonds. The number of nitrogens with zero attached hydrogens (tertiary/aromatic N) is 2. The maximum absolute atomic E-state index is 13.6. The molecule has 0 atom stereocenters. The molecule has 1 saturated heterocycles. The fourth-order valence-corrected chi connectivity index (χ4v) is 2.78. The van der Waals surface area contributed by atoms with Gasteiger partial charge < -0.3 is 20.1 Å². The number of halogens is 2. The van der Waals surface area contributed by atoms with E-state index in [0.717, 1.165) is 6.07 Å². The molecule has 7 nitrogen and oxygen atoms in total. The average Bonchev–Trinajstić information content (AvgIpc) is 3.02. The Morgan fingerprint density at radius 3 is 2.54 bits per heavy atom. The number of urea groups is 1. The van der Waals surface area contributed by atoms with Gasteiger partial charge >= 0.3 is 6.03 Å². The van der Waals surface area contributed by atoms with Crippen molar-refractivity contribution in [1.82, 2.24) is 10.1 Å². The van der Waals surface area contributed by atoms with Gasteiger partial charge in [0, 0.05) is 31.1 Å². The predicted molar refractivity (Wildman–Crippen MR) is 89.5 cm³/mol. The van der Waals surface area contributed by atoms with Crippen molar-refractivity contribution < 1.29 is 22.9 Å². The van der Waals surface area contributed by atoms with Gasteiger partial charge in [-0.1, -0.05) is 5.16 Å². The average molecular weight is 364 g/mol. The zero-order valence-electron chi connectivity index (χ0n) is 14.1. The lowest BCUT2D eigenvalue weighted by molar-refractivity contribution is -0.121. The van der Waals surface area contributed by atoms with Crippen molar-refractivity contribution in [2.75, 3.05) is 23.7 Å². The van der Waals surface area contributed by atoms with Gasteiger partial charge in [0.2, 0.25) is 5.91 Å². The molecule has 1 fully saturated rings. The van der Waals surface area contributed by atoms with E-state index in [1.807, 2.05) is 0 Å². The van der Waals surface area contributed by atoms with Crippen molar-refractivity contribution in [2.45, 2.75) is 19.8 Å². The topological polar surface area (TPSA) is 87.5 Å². The van der Waals surface area contributed by atoms with Gasteiger partial charge in [-0.25, -0.2) is 13.6 Å². The second-order valence-electron chi connectivity index (χ2n) is 6.13.